The molecule has 1 saturated heterocycles. The Balaban J connectivity index is 2.36. The number of carbonyl (C=O) groups excluding carboxylic acids is 2. The van der Waals surface area contributed by atoms with Gasteiger partial charge in [0.05, 0.1) is 0 Å². The van der Waals surface area contributed by atoms with E-state index in [1.165, 1.54) is 0 Å². The van der Waals surface area contributed by atoms with Gasteiger partial charge in [0.1, 0.15) is 0 Å². The van der Waals surface area contributed by atoms with Gasteiger partial charge in [0.15, 0.2) is 0 Å². The molecule has 0 aliphatic carbocycles. The fraction of sp³-hybridized carbons (Fsp3) is 0.846. The molecule has 1 heterocycles. The number of nitrogens with two attached hydrogens (primary N) is 1. The predicted octanol–water partition coefficient (Wildman–Crippen LogP) is 0.235. The molecule has 3 N–H and O–H groups in total. The van der Waals surface area contributed by atoms with E-state index in [4.69, 9.17) is 5.73 Å². The maximum Gasteiger partial charge on any atom is 0.317 e. The molecular formula is C13H26N4O2. The summed E-state index contributed by atoms with van der Waals surface area (Å²) in [6, 6.07) is -0.0389. The SMILES string of the molecule is CCNC(=O)N1CCN(C(=O)CC(CC)CN)CC1. The first-order chi connectivity index (χ1) is 9.12. The lowest BCUT2D eigenvalue weighted by atomic mass is 10.0. The fourth-order valence-electron chi connectivity index (χ4n) is 2.19. The van der Waals surface area contributed by atoms with E-state index in [-0.39, 0.29) is 17.9 Å². The summed E-state index contributed by atoms with van der Waals surface area (Å²) in [5.74, 6) is 0.432. The molecule has 0 aromatic rings. The smallest absolute Gasteiger partial charge is 0.317 e. The van der Waals surface area contributed by atoms with Gasteiger partial charge in [0, 0.05) is 39.1 Å². The van der Waals surface area contributed by atoms with Crippen LogP contribution >= 0.6 is 0 Å². The molecule has 6 nitrogen and oxygen atoms in total. The molecule has 0 aromatic heterocycles. The number of carbonyl (C=O) groups is 2. The van der Waals surface area contributed by atoms with E-state index in [1.54, 1.807) is 4.90 Å². The molecule has 3 amide bonds. The lowest BCUT2D eigenvalue weighted by molar-refractivity contribution is -0.133. The number of rotatable bonds is 5. The minimum Gasteiger partial charge on any atom is -0.339 e. The van der Waals surface area contributed by atoms with Gasteiger partial charge in [-0.15, -0.1) is 0 Å². The third-order valence-electron chi connectivity index (χ3n) is 3.62. The normalized spacial score (nSPS) is 17.2. The molecule has 110 valence electrons. The number of hydrogen-bond donors (Lipinski definition) is 2. The molecule has 0 saturated carbocycles. The van der Waals surface area contributed by atoms with E-state index < -0.39 is 0 Å². The Kier molecular flexibility index (Phi) is 6.62. The fourth-order valence-corrected chi connectivity index (χ4v) is 2.19. The van der Waals surface area contributed by atoms with E-state index in [1.807, 2.05) is 11.8 Å². The highest BCUT2D eigenvalue weighted by Gasteiger charge is 2.24. The molecule has 1 atom stereocenters. The second-order valence-corrected chi connectivity index (χ2v) is 4.92. The third-order valence-corrected chi connectivity index (χ3v) is 3.62. The molecule has 0 spiro atoms. The molecule has 19 heavy (non-hydrogen) atoms. The summed E-state index contributed by atoms with van der Waals surface area (Å²) in [5, 5.41) is 2.78. The summed E-state index contributed by atoms with van der Waals surface area (Å²) >= 11 is 0. The Morgan fingerprint density at radius 1 is 1.16 bits per heavy atom. The van der Waals surface area contributed by atoms with Gasteiger partial charge < -0.3 is 20.9 Å². The van der Waals surface area contributed by atoms with Gasteiger partial charge in [-0.3, -0.25) is 4.79 Å². The van der Waals surface area contributed by atoms with Gasteiger partial charge in [-0.25, -0.2) is 4.79 Å². The van der Waals surface area contributed by atoms with Crippen LogP contribution in [0.2, 0.25) is 0 Å². The van der Waals surface area contributed by atoms with E-state index in [9.17, 15) is 9.59 Å². The van der Waals surface area contributed by atoms with E-state index in [2.05, 4.69) is 12.2 Å². The van der Waals surface area contributed by atoms with Crippen molar-refractivity contribution in [3.8, 4) is 0 Å². The maximum absolute atomic E-state index is 12.1. The van der Waals surface area contributed by atoms with Crippen molar-refractivity contribution in [2.45, 2.75) is 26.7 Å². The second-order valence-electron chi connectivity index (χ2n) is 4.92. The van der Waals surface area contributed by atoms with Gasteiger partial charge in [-0.2, -0.15) is 0 Å². The van der Waals surface area contributed by atoms with Gasteiger partial charge >= 0.3 is 6.03 Å². The first-order valence-corrected chi connectivity index (χ1v) is 7.12. The van der Waals surface area contributed by atoms with Gasteiger partial charge in [-0.1, -0.05) is 13.3 Å². The monoisotopic (exact) mass is 270 g/mol. The van der Waals surface area contributed by atoms with Crippen LogP contribution in [0.3, 0.4) is 0 Å². The highest BCUT2D eigenvalue weighted by Crippen LogP contribution is 2.11. The second kappa shape index (κ2) is 7.99. The van der Waals surface area contributed by atoms with Crippen LogP contribution in [0.15, 0.2) is 0 Å². The van der Waals surface area contributed by atoms with Crippen molar-refractivity contribution < 1.29 is 9.59 Å². The Hall–Kier alpha value is -1.30. The van der Waals surface area contributed by atoms with Crippen LogP contribution in [-0.4, -0.2) is 61.0 Å². The lowest BCUT2D eigenvalue weighted by Crippen LogP contribution is -2.53. The number of amides is 3. The standard InChI is InChI=1S/C13H26N4O2/c1-3-11(10-14)9-12(18)16-5-7-17(8-6-16)13(19)15-4-2/h11H,3-10,14H2,1-2H3,(H,15,19). The molecule has 1 aliphatic rings. The Morgan fingerprint density at radius 3 is 2.21 bits per heavy atom. The summed E-state index contributed by atoms with van der Waals surface area (Å²) in [4.78, 5) is 27.3. The molecule has 0 radical (unpaired) electrons. The number of piperazine rings is 1. The Morgan fingerprint density at radius 2 is 1.74 bits per heavy atom. The van der Waals surface area contributed by atoms with Gasteiger partial charge in [-0.05, 0) is 19.4 Å². The summed E-state index contributed by atoms with van der Waals surface area (Å²) < 4.78 is 0. The lowest BCUT2D eigenvalue weighted by Gasteiger charge is -2.35. The first kappa shape index (κ1) is 15.8. The van der Waals surface area contributed by atoms with Crippen molar-refractivity contribution >= 4 is 11.9 Å². The molecule has 0 aromatic carbocycles. The number of nitrogens with one attached hydrogen (secondary N) is 1. The van der Waals surface area contributed by atoms with Crippen LogP contribution in [-0.2, 0) is 4.79 Å². The van der Waals surface area contributed by atoms with Crippen LogP contribution < -0.4 is 11.1 Å². The highest BCUT2D eigenvalue weighted by molar-refractivity contribution is 5.77. The predicted molar refractivity (Wildman–Crippen MR) is 74.7 cm³/mol. The topological polar surface area (TPSA) is 78.7 Å². The molecule has 1 unspecified atom stereocenters. The van der Waals surface area contributed by atoms with Gasteiger partial charge in [0.25, 0.3) is 0 Å². The minimum absolute atomic E-state index is 0.0389. The maximum atomic E-state index is 12.1. The summed E-state index contributed by atoms with van der Waals surface area (Å²) in [6.45, 7) is 7.60. The van der Waals surface area contributed by atoms with Crippen LogP contribution in [0.25, 0.3) is 0 Å². The third kappa shape index (κ3) is 4.70. The summed E-state index contributed by atoms with van der Waals surface area (Å²) in [5.41, 5.74) is 5.62. The highest BCUT2D eigenvalue weighted by atomic mass is 16.2. The van der Waals surface area contributed by atoms with E-state index in [0.717, 1.165) is 6.42 Å². The van der Waals surface area contributed by atoms with Crippen molar-refractivity contribution in [1.29, 1.82) is 0 Å². The zero-order valence-electron chi connectivity index (χ0n) is 12.0. The van der Waals surface area contributed by atoms with Crippen LogP contribution in [0.4, 0.5) is 4.79 Å². The summed E-state index contributed by atoms with van der Waals surface area (Å²) in [7, 11) is 0. The van der Waals surface area contributed by atoms with E-state index >= 15 is 0 Å². The first-order valence-electron chi connectivity index (χ1n) is 7.12. The van der Waals surface area contributed by atoms with Crippen molar-refractivity contribution in [2.75, 3.05) is 39.3 Å². The van der Waals surface area contributed by atoms with Crippen LogP contribution in [0, 0.1) is 5.92 Å². The number of urea groups is 1. The van der Waals surface area contributed by atoms with Crippen LogP contribution in [0.1, 0.15) is 26.7 Å². The Labute approximate surface area is 115 Å². The minimum atomic E-state index is -0.0389. The average Bonchev–Trinajstić information content (AvgIpc) is 2.45. The van der Waals surface area contributed by atoms with Crippen molar-refractivity contribution in [3.05, 3.63) is 0 Å². The zero-order chi connectivity index (χ0) is 14.3. The van der Waals surface area contributed by atoms with Crippen molar-refractivity contribution in [2.24, 2.45) is 11.7 Å². The Bertz CT molecular complexity index is 297. The average molecular weight is 270 g/mol. The number of hydrogen-bond acceptors (Lipinski definition) is 3. The van der Waals surface area contributed by atoms with E-state index in [0.29, 0.717) is 45.7 Å². The quantitative estimate of drug-likeness (QED) is 0.751. The molecule has 1 rings (SSSR count). The molecule has 0 bridgehead atoms. The largest absolute Gasteiger partial charge is 0.339 e. The molecule has 6 heteroatoms. The molecule has 1 fully saturated rings. The van der Waals surface area contributed by atoms with Gasteiger partial charge in [0.2, 0.25) is 5.91 Å². The van der Waals surface area contributed by atoms with Crippen molar-refractivity contribution in [3.63, 3.8) is 0 Å². The summed E-state index contributed by atoms with van der Waals surface area (Å²) in [6.07, 6.45) is 1.45. The van der Waals surface area contributed by atoms with Crippen LogP contribution in [0.5, 0.6) is 0 Å². The van der Waals surface area contributed by atoms with Crippen molar-refractivity contribution in [1.82, 2.24) is 15.1 Å². The molecular weight excluding hydrogens is 244 g/mol. The number of nitrogens with zero attached hydrogens (tertiary/aromatic N) is 2. The zero-order valence-corrected chi connectivity index (χ0v) is 12.0. The molecule has 1 aliphatic heterocycles.